The van der Waals surface area contributed by atoms with E-state index in [9.17, 15) is 9.59 Å². The molecule has 0 aliphatic heterocycles. The van der Waals surface area contributed by atoms with Crippen molar-refractivity contribution >= 4 is 49.6 Å². The van der Waals surface area contributed by atoms with Gasteiger partial charge in [-0.25, -0.2) is 4.79 Å². The predicted octanol–water partition coefficient (Wildman–Crippen LogP) is 7.63. The fourth-order valence-corrected chi connectivity index (χ4v) is 6.20. The van der Waals surface area contributed by atoms with Gasteiger partial charge in [0.15, 0.2) is 0 Å². The molecule has 2 aromatic carbocycles. The van der Waals surface area contributed by atoms with Crippen LogP contribution in [0.3, 0.4) is 0 Å². The number of ether oxygens (including phenoxy) is 1. The summed E-state index contributed by atoms with van der Waals surface area (Å²) in [7, 11) is 0. The molecule has 2 aromatic heterocycles. The van der Waals surface area contributed by atoms with Crippen LogP contribution in [0.2, 0.25) is 0 Å². The third-order valence-corrected chi connectivity index (χ3v) is 7.68. The van der Waals surface area contributed by atoms with Crippen molar-refractivity contribution in [2.24, 2.45) is 0 Å². The van der Waals surface area contributed by atoms with Crippen LogP contribution in [-0.4, -0.2) is 18.5 Å². The second-order valence-corrected chi connectivity index (χ2v) is 9.93. The van der Waals surface area contributed by atoms with Crippen LogP contribution in [0.25, 0.3) is 21.2 Å². The second-order valence-electron chi connectivity index (χ2n) is 8.00. The number of carbonyl (C=O) groups is 2. The number of anilines is 1. The van der Waals surface area contributed by atoms with Gasteiger partial charge in [-0.1, -0.05) is 55.3 Å². The maximum absolute atomic E-state index is 13.4. The Bertz CT molecular complexity index is 1330. The monoisotopic (exact) mass is 477 g/mol. The Morgan fingerprint density at radius 1 is 1.03 bits per heavy atom. The molecule has 0 aliphatic carbocycles. The van der Waals surface area contributed by atoms with Crippen LogP contribution in [-0.2, 0) is 11.2 Å². The molecule has 1 amide bonds. The summed E-state index contributed by atoms with van der Waals surface area (Å²) < 4.78 is 6.47. The van der Waals surface area contributed by atoms with E-state index in [0.717, 1.165) is 50.7 Å². The number of fused-ring (bicyclic) bond motifs is 1. The Hall–Kier alpha value is -2.96. The molecule has 0 aliphatic rings. The van der Waals surface area contributed by atoms with Gasteiger partial charge in [-0.2, -0.15) is 0 Å². The zero-order valence-electron chi connectivity index (χ0n) is 19.3. The fourth-order valence-electron chi connectivity index (χ4n) is 4.11. The van der Waals surface area contributed by atoms with E-state index in [-0.39, 0.29) is 12.5 Å². The van der Waals surface area contributed by atoms with Crippen molar-refractivity contribution < 1.29 is 14.3 Å². The first-order valence-electron chi connectivity index (χ1n) is 11.1. The predicted molar refractivity (Wildman–Crippen MR) is 139 cm³/mol. The van der Waals surface area contributed by atoms with E-state index in [4.69, 9.17) is 4.74 Å². The first kappa shape index (κ1) is 23.2. The molecule has 0 spiro atoms. The number of thiophene rings is 2. The van der Waals surface area contributed by atoms with Gasteiger partial charge in [-0.3, -0.25) is 4.79 Å². The molecule has 1 N–H and O–H groups in total. The highest BCUT2D eigenvalue weighted by Gasteiger charge is 2.25. The molecule has 4 nitrogen and oxygen atoms in total. The van der Waals surface area contributed by atoms with E-state index in [2.05, 4.69) is 24.4 Å². The second kappa shape index (κ2) is 9.89. The number of rotatable bonds is 7. The Morgan fingerprint density at radius 3 is 2.55 bits per heavy atom. The quantitative estimate of drug-likeness (QED) is 0.278. The smallest absolute Gasteiger partial charge is 0.341 e. The summed E-state index contributed by atoms with van der Waals surface area (Å²) in [4.78, 5) is 27.1. The summed E-state index contributed by atoms with van der Waals surface area (Å²) in [6.45, 7) is 8.24. The summed E-state index contributed by atoms with van der Waals surface area (Å²) >= 11 is 2.86. The molecule has 0 unspecified atom stereocenters. The van der Waals surface area contributed by atoms with Gasteiger partial charge in [0.2, 0.25) is 0 Å². The largest absolute Gasteiger partial charge is 0.462 e. The number of amides is 1. The lowest BCUT2D eigenvalue weighted by molar-refractivity contribution is 0.0529. The number of benzene rings is 2. The van der Waals surface area contributed by atoms with Crippen LogP contribution in [0.5, 0.6) is 0 Å². The van der Waals surface area contributed by atoms with Crippen molar-refractivity contribution in [1.82, 2.24) is 0 Å². The van der Waals surface area contributed by atoms with Crippen molar-refractivity contribution in [3.63, 3.8) is 0 Å². The van der Waals surface area contributed by atoms with Crippen molar-refractivity contribution in [1.29, 1.82) is 0 Å². The molecule has 170 valence electrons. The number of hydrogen-bond acceptors (Lipinski definition) is 5. The van der Waals surface area contributed by atoms with Crippen molar-refractivity contribution in [2.75, 3.05) is 11.9 Å². The minimum Gasteiger partial charge on any atom is -0.462 e. The van der Waals surface area contributed by atoms with Crippen molar-refractivity contribution in [3.8, 4) is 11.1 Å². The molecule has 0 saturated carbocycles. The summed E-state index contributed by atoms with van der Waals surface area (Å²) in [5.41, 5.74) is 5.47. The molecule has 2 heterocycles. The number of nitrogens with one attached hydrogen (secondary N) is 1. The van der Waals surface area contributed by atoms with E-state index in [1.54, 1.807) is 6.92 Å². The Morgan fingerprint density at radius 2 is 1.82 bits per heavy atom. The van der Waals surface area contributed by atoms with Gasteiger partial charge in [0, 0.05) is 15.6 Å². The molecule has 0 saturated heterocycles. The average molecular weight is 478 g/mol. The molecule has 4 rings (SSSR count). The van der Waals surface area contributed by atoms with Crippen molar-refractivity contribution in [2.45, 2.75) is 40.5 Å². The fraction of sp³-hybridized carbons (Fsp3) is 0.259. The molecular weight excluding hydrogens is 450 g/mol. The normalized spacial score (nSPS) is 11.0. The summed E-state index contributed by atoms with van der Waals surface area (Å²) in [6, 6.07) is 14.3. The maximum Gasteiger partial charge on any atom is 0.341 e. The Kier molecular flexibility index (Phi) is 6.96. The van der Waals surface area contributed by atoms with Crippen LogP contribution in [0.4, 0.5) is 5.00 Å². The topological polar surface area (TPSA) is 55.4 Å². The molecule has 0 fully saturated rings. The van der Waals surface area contributed by atoms with Gasteiger partial charge in [0.05, 0.1) is 11.5 Å². The summed E-state index contributed by atoms with van der Waals surface area (Å²) in [5, 5.41) is 6.61. The Balaban J connectivity index is 1.76. The third kappa shape index (κ3) is 4.59. The van der Waals surface area contributed by atoms with Gasteiger partial charge in [0.25, 0.3) is 5.91 Å². The number of esters is 1. The molecule has 6 heteroatoms. The average Bonchev–Trinajstić information content (AvgIpc) is 3.36. The van der Waals surface area contributed by atoms with E-state index < -0.39 is 5.97 Å². The van der Waals surface area contributed by atoms with Gasteiger partial charge < -0.3 is 10.1 Å². The van der Waals surface area contributed by atoms with Gasteiger partial charge in [-0.15, -0.1) is 22.7 Å². The number of hydrogen-bond donors (Lipinski definition) is 1. The highest BCUT2D eigenvalue weighted by Crippen LogP contribution is 2.39. The van der Waals surface area contributed by atoms with E-state index in [1.165, 1.54) is 22.7 Å². The molecule has 4 aromatic rings. The van der Waals surface area contributed by atoms with E-state index >= 15 is 0 Å². The molecule has 33 heavy (non-hydrogen) atoms. The lowest BCUT2D eigenvalue weighted by Gasteiger charge is -2.11. The third-order valence-electron chi connectivity index (χ3n) is 5.57. The Labute approximate surface area is 202 Å². The zero-order chi connectivity index (χ0) is 23.5. The van der Waals surface area contributed by atoms with Crippen LogP contribution < -0.4 is 5.32 Å². The molecule has 0 atom stereocenters. The van der Waals surface area contributed by atoms with Crippen LogP contribution in [0.1, 0.15) is 57.0 Å². The minimum atomic E-state index is -0.422. The summed E-state index contributed by atoms with van der Waals surface area (Å²) in [5.74, 6) is -0.603. The summed E-state index contributed by atoms with van der Waals surface area (Å²) in [6.07, 6.45) is 1.78. The van der Waals surface area contributed by atoms with Crippen molar-refractivity contribution in [3.05, 3.63) is 75.0 Å². The highest BCUT2D eigenvalue weighted by atomic mass is 32.1. The molecule has 0 bridgehead atoms. The first-order valence-corrected chi connectivity index (χ1v) is 12.8. The van der Waals surface area contributed by atoms with E-state index in [0.29, 0.717) is 15.4 Å². The van der Waals surface area contributed by atoms with E-state index in [1.807, 2.05) is 49.6 Å². The standard InChI is InChI=1S/C27H27NO3S2/c1-5-9-20-19-10-7-8-11-22(19)33-24(20)25(29)28-26-23(27(30)31-6-2)21(15-32-26)18-13-12-16(3)14-17(18)4/h7-8,10-15H,5-6,9H2,1-4H3,(H,28,29). The minimum absolute atomic E-state index is 0.181. The first-order chi connectivity index (χ1) is 15.9. The van der Waals surface area contributed by atoms with Gasteiger partial charge in [0.1, 0.15) is 10.6 Å². The van der Waals surface area contributed by atoms with Crippen LogP contribution in [0.15, 0.2) is 47.8 Å². The van der Waals surface area contributed by atoms with Crippen LogP contribution in [0, 0.1) is 13.8 Å². The SMILES string of the molecule is CCCc1c(C(=O)Nc2scc(-c3ccc(C)cc3C)c2C(=O)OCC)sc2ccccc12. The molecular formula is C27H27NO3S2. The molecule has 0 radical (unpaired) electrons. The zero-order valence-corrected chi connectivity index (χ0v) is 20.9. The van der Waals surface area contributed by atoms with Gasteiger partial charge >= 0.3 is 5.97 Å². The lowest BCUT2D eigenvalue weighted by Crippen LogP contribution is -2.15. The number of carbonyl (C=O) groups excluding carboxylic acids is 2. The lowest BCUT2D eigenvalue weighted by atomic mass is 9.97. The van der Waals surface area contributed by atoms with Gasteiger partial charge in [-0.05, 0) is 55.3 Å². The maximum atomic E-state index is 13.4. The number of aryl methyl sites for hydroxylation is 3. The highest BCUT2D eigenvalue weighted by molar-refractivity contribution is 7.21. The van der Waals surface area contributed by atoms with Crippen LogP contribution >= 0.6 is 22.7 Å².